The number of carboxylic acid groups (broad SMARTS) is 1. The fourth-order valence-corrected chi connectivity index (χ4v) is 3.89. The Kier molecular flexibility index (Phi) is 7.16. The van der Waals surface area contributed by atoms with Gasteiger partial charge in [0.2, 0.25) is 5.91 Å². The molecule has 1 saturated heterocycles. The van der Waals surface area contributed by atoms with Crippen molar-refractivity contribution in [3.05, 3.63) is 82.8 Å². The number of thiocarbonyl (C=S) groups is 1. The van der Waals surface area contributed by atoms with E-state index in [9.17, 15) is 14.4 Å². The summed E-state index contributed by atoms with van der Waals surface area (Å²) in [6, 6.07) is 16.2. The number of nitrogens with zero attached hydrogens (tertiary/aromatic N) is 1. The smallest absolute Gasteiger partial charge is 0.307 e. The molecule has 1 aliphatic rings. The zero-order valence-corrected chi connectivity index (χ0v) is 17.4. The highest BCUT2D eigenvalue weighted by Crippen LogP contribution is 2.30. The molecule has 2 aromatic carbocycles. The van der Waals surface area contributed by atoms with Crippen LogP contribution in [0.5, 0.6) is 0 Å². The van der Waals surface area contributed by atoms with Crippen LogP contribution in [-0.4, -0.2) is 38.7 Å². The lowest BCUT2D eigenvalue weighted by atomic mass is 10.1. The largest absolute Gasteiger partial charge is 0.481 e. The van der Waals surface area contributed by atoms with Crippen molar-refractivity contribution in [2.24, 2.45) is 0 Å². The maximum Gasteiger partial charge on any atom is 0.307 e. The summed E-state index contributed by atoms with van der Waals surface area (Å²) < 4.78 is 0.325. The van der Waals surface area contributed by atoms with Crippen LogP contribution in [0.2, 0.25) is 0 Å². The molecular formula is C22H18N2O4S2. The highest BCUT2D eigenvalue weighted by molar-refractivity contribution is 8.26. The molecule has 2 N–H and O–H groups in total. The third-order valence-corrected chi connectivity index (χ3v) is 5.50. The molecule has 1 heterocycles. The number of hydrogen-bond acceptors (Lipinski definition) is 5. The number of rotatable bonds is 7. The minimum Gasteiger partial charge on any atom is -0.481 e. The lowest BCUT2D eigenvalue weighted by Gasteiger charge is -2.14. The Morgan fingerprint density at radius 2 is 1.80 bits per heavy atom. The Balaban J connectivity index is 1.58. The van der Waals surface area contributed by atoms with E-state index in [1.54, 1.807) is 36.4 Å². The van der Waals surface area contributed by atoms with Gasteiger partial charge in [-0.3, -0.25) is 19.3 Å². The van der Waals surface area contributed by atoms with Crippen LogP contribution in [-0.2, 0) is 20.8 Å². The summed E-state index contributed by atoms with van der Waals surface area (Å²) in [5.41, 5.74) is 2.16. The summed E-state index contributed by atoms with van der Waals surface area (Å²) in [6.07, 6.45) is 5.26. The van der Waals surface area contributed by atoms with E-state index >= 15 is 0 Å². The van der Waals surface area contributed by atoms with Crippen LogP contribution in [0.1, 0.15) is 11.1 Å². The molecule has 3 rings (SSSR count). The minimum atomic E-state index is -0.923. The van der Waals surface area contributed by atoms with Gasteiger partial charge in [-0.25, -0.2) is 0 Å². The number of nitrogens with one attached hydrogen (secondary N) is 1. The number of carbonyl (C=O) groups excluding carboxylic acids is 2. The average molecular weight is 439 g/mol. The topological polar surface area (TPSA) is 86.7 Å². The van der Waals surface area contributed by atoms with E-state index in [-0.39, 0.29) is 18.9 Å². The maximum absolute atomic E-state index is 12.6. The van der Waals surface area contributed by atoms with E-state index in [0.29, 0.717) is 20.5 Å². The summed E-state index contributed by atoms with van der Waals surface area (Å²) in [5, 5.41) is 11.5. The van der Waals surface area contributed by atoms with E-state index < -0.39 is 11.9 Å². The van der Waals surface area contributed by atoms with E-state index in [1.807, 2.05) is 36.4 Å². The molecule has 8 heteroatoms. The molecule has 0 aliphatic carbocycles. The molecule has 0 unspecified atom stereocenters. The van der Waals surface area contributed by atoms with Gasteiger partial charge in [0.25, 0.3) is 5.91 Å². The van der Waals surface area contributed by atoms with Crippen molar-refractivity contribution in [1.29, 1.82) is 0 Å². The number of aliphatic carboxylic acids is 1. The van der Waals surface area contributed by atoms with Crippen molar-refractivity contribution in [3.8, 4) is 0 Å². The van der Waals surface area contributed by atoms with Gasteiger partial charge in [-0.15, -0.1) is 0 Å². The number of benzene rings is 2. The van der Waals surface area contributed by atoms with Crippen molar-refractivity contribution >= 4 is 57.8 Å². The SMILES string of the molecule is O=C(O)Cc1ccc(NC(=O)CN2C(=O)/C(=C/C=C/c3ccccc3)SC2=S)cc1. The summed E-state index contributed by atoms with van der Waals surface area (Å²) in [4.78, 5) is 37.3. The zero-order valence-electron chi connectivity index (χ0n) is 15.8. The van der Waals surface area contributed by atoms with Crippen LogP contribution in [0.3, 0.4) is 0 Å². The first-order valence-corrected chi connectivity index (χ1v) is 10.2. The second kappa shape index (κ2) is 10.00. The first kappa shape index (κ1) is 21.5. The molecule has 0 aromatic heterocycles. The summed E-state index contributed by atoms with van der Waals surface area (Å²) in [6.45, 7) is -0.193. The first-order chi connectivity index (χ1) is 14.4. The van der Waals surface area contributed by atoms with Crippen molar-refractivity contribution in [3.63, 3.8) is 0 Å². The number of carbonyl (C=O) groups is 3. The normalized spacial score (nSPS) is 15.2. The predicted molar refractivity (Wildman–Crippen MR) is 122 cm³/mol. The molecule has 1 fully saturated rings. The second-order valence-electron chi connectivity index (χ2n) is 6.38. The van der Waals surface area contributed by atoms with Gasteiger partial charge in [-0.05, 0) is 29.3 Å². The summed E-state index contributed by atoms with van der Waals surface area (Å²) in [7, 11) is 0. The fraction of sp³-hybridized carbons (Fsp3) is 0.0909. The van der Waals surface area contributed by atoms with Gasteiger partial charge in [0.1, 0.15) is 10.9 Å². The molecule has 0 saturated carbocycles. The molecule has 2 amide bonds. The Morgan fingerprint density at radius 1 is 1.10 bits per heavy atom. The highest BCUT2D eigenvalue weighted by Gasteiger charge is 2.33. The lowest BCUT2D eigenvalue weighted by molar-refractivity contribution is -0.136. The molecule has 152 valence electrons. The van der Waals surface area contributed by atoms with Gasteiger partial charge >= 0.3 is 5.97 Å². The molecule has 0 atom stereocenters. The van der Waals surface area contributed by atoms with Crippen LogP contribution in [0.25, 0.3) is 6.08 Å². The van der Waals surface area contributed by atoms with Crippen LogP contribution in [0.15, 0.2) is 71.7 Å². The molecule has 0 bridgehead atoms. The van der Waals surface area contributed by atoms with Crippen LogP contribution >= 0.6 is 24.0 Å². The van der Waals surface area contributed by atoms with Gasteiger partial charge in [0.05, 0.1) is 11.3 Å². The summed E-state index contributed by atoms with van der Waals surface area (Å²) >= 11 is 6.40. The third-order valence-electron chi connectivity index (χ3n) is 4.10. The lowest BCUT2D eigenvalue weighted by Crippen LogP contribution is -2.36. The monoisotopic (exact) mass is 438 g/mol. The zero-order chi connectivity index (χ0) is 21.5. The van der Waals surface area contributed by atoms with Gasteiger partial charge in [-0.1, -0.05) is 78.6 Å². The standard InChI is InChI=1S/C22H18N2O4S2/c25-19(23-17-11-9-16(10-12-17)13-20(26)27)14-24-21(28)18(30-22(24)29)8-4-7-15-5-2-1-3-6-15/h1-12H,13-14H2,(H,23,25)(H,26,27)/b7-4+,18-8-. The summed E-state index contributed by atoms with van der Waals surface area (Å²) in [5.74, 6) is -1.62. The van der Waals surface area contributed by atoms with Gasteiger partial charge < -0.3 is 10.4 Å². The Bertz CT molecular complexity index is 1030. The average Bonchev–Trinajstić information content (AvgIpc) is 2.97. The fourth-order valence-electron chi connectivity index (χ4n) is 2.69. The van der Waals surface area contributed by atoms with Crippen molar-refractivity contribution < 1.29 is 19.5 Å². The molecule has 0 spiro atoms. The number of carboxylic acids is 1. The van der Waals surface area contributed by atoms with Crippen LogP contribution < -0.4 is 5.32 Å². The van der Waals surface area contributed by atoms with Crippen molar-refractivity contribution in [1.82, 2.24) is 4.90 Å². The quantitative estimate of drug-likeness (QED) is 0.506. The molecule has 1 aliphatic heterocycles. The van der Waals surface area contributed by atoms with E-state index in [4.69, 9.17) is 17.3 Å². The Labute approximate surface area is 183 Å². The van der Waals surface area contributed by atoms with E-state index in [1.165, 1.54) is 4.90 Å². The minimum absolute atomic E-state index is 0.0875. The number of thioether (sulfide) groups is 1. The third kappa shape index (κ3) is 5.88. The maximum atomic E-state index is 12.6. The van der Waals surface area contributed by atoms with Gasteiger partial charge in [-0.2, -0.15) is 0 Å². The van der Waals surface area contributed by atoms with Crippen molar-refractivity contribution in [2.75, 3.05) is 11.9 Å². The molecule has 2 aromatic rings. The molecular weight excluding hydrogens is 420 g/mol. The second-order valence-corrected chi connectivity index (χ2v) is 8.05. The van der Waals surface area contributed by atoms with E-state index in [2.05, 4.69) is 5.32 Å². The molecule has 30 heavy (non-hydrogen) atoms. The number of amides is 2. The van der Waals surface area contributed by atoms with Gasteiger partial charge in [0, 0.05) is 5.69 Å². The Hall–Kier alpha value is -3.23. The number of allylic oxidation sites excluding steroid dienone is 2. The van der Waals surface area contributed by atoms with E-state index in [0.717, 1.165) is 17.3 Å². The van der Waals surface area contributed by atoms with Crippen LogP contribution in [0.4, 0.5) is 5.69 Å². The predicted octanol–water partition coefficient (Wildman–Crippen LogP) is 3.71. The van der Waals surface area contributed by atoms with Crippen molar-refractivity contribution in [2.45, 2.75) is 6.42 Å². The molecule has 6 nitrogen and oxygen atoms in total. The first-order valence-electron chi connectivity index (χ1n) is 9.00. The number of anilines is 1. The molecule has 0 radical (unpaired) electrons. The van der Waals surface area contributed by atoms with Gasteiger partial charge in [0.15, 0.2) is 0 Å². The highest BCUT2D eigenvalue weighted by atomic mass is 32.2. The Morgan fingerprint density at radius 3 is 2.47 bits per heavy atom. The number of hydrogen-bond donors (Lipinski definition) is 2. The van der Waals surface area contributed by atoms with Crippen LogP contribution in [0, 0.1) is 0 Å².